The maximum atomic E-state index is 12.3. The first-order valence-corrected chi connectivity index (χ1v) is 8.48. The molecule has 0 fully saturated rings. The Balaban J connectivity index is 2.09. The van der Waals surface area contributed by atoms with Gasteiger partial charge in [0.25, 0.3) is 0 Å². The largest absolute Gasteiger partial charge is 0.259 e. The molecule has 0 aliphatic carbocycles. The predicted octanol–water partition coefficient (Wildman–Crippen LogP) is 1.34. The summed E-state index contributed by atoms with van der Waals surface area (Å²) in [4.78, 5) is 8.24. The summed E-state index contributed by atoms with van der Waals surface area (Å²) in [5, 5.41) is 3.96. The van der Waals surface area contributed by atoms with Crippen LogP contribution in [0.5, 0.6) is 0 Å². The van der Waals surface area contributed by atoms with Gasteiger partial charge in [-0.25, -0.2) is 18.1 Å². The maximum Gasteiger partial charge on any atom is 0.242 e. The van der Waals surface area contributed by atoms with Crippen molar-refractivity contribution in [1.29, 1.82) is 0 Å². The predicted molar refractivity (Wildman–Crippen MR) is 82.7 cm³/mol. The standard InChI is InChI=1S/C14H21N5O2S/c1-11(8-19-10-15-9-17-19)18-22(20,21)12-5-6-13(16-7-12)14(2,3)4/h5-7,9-11,18H,8H2,1-4H3. The highest BCUT2D eigenvalue weighted by molar-refractivity contribution is 7.89. The third-order valence-corrected chi connectivity index (χ3v) is 4.67. The Bertz CT molecular complexity index is 703. The third kappa shape index (κ3) is 4.11. The van der Waals surface area contributed by atoms with Crippen LogP contribution < -0.4 is 4.72 Å². The Morgan fingerprint density at radius 2 is 2.05 bits per heavy atom. The maximum absolute atomic E-state index is 12.3. The second-order valence-corrected chi connectivity index (χ2v) is 7.98. The highest BCUT2D eigenvalue weighted by atomic mass is 32.2. The molecule has 2 heterocycles. The van der Waals surface area contributed by atoms with Gasteiger partial charge in [-0.2, -0.15) is 5.10 Å². The third-order valence-electron chi connectivity index (χ3n) is 3.10. The van der Waals surface area contributed by atoms with Crippen LogP contribution in [0.1, 0.15) is 33.4 Å². The molecule has 0 saturated carbocycles. The average molecular weight is 323 g/mol. The minimum Gasteiger partial charge on any atom is -0.259 e. The Morgan fingerprint density at radius 3 is 2.55 bits per heavy atom. The van der Waals surface area contributed by atoms with Crippen LogP contribution in [-0.4, -0.2) is 34.2 Å². The summed E-state index contributed by atoms with van der Waals surface area (Å²) in [5.74, 6) is 0. The molecule has 2 rings (SSSR count). The summed E-state index contributed by atoms with van der Waals surface area (Å²) in [7, 11) is -3.60. The molecule has 1 unspecified atom stereocenters. The molecule has 0 aromatic carbocycles. The van der Waals surface area contributed by atoms with Crippen LogP contribution in [0.3, 0.4) is 0 Å². The van der Waals surface area contributed by atoms with E-state index in [0.717, 1.165) is 5.69 Å². The van der Waals surface area contributed by atoms with Gasteiger partial charge in [-0.15, -0.1) is 0 Å². The van der Waals surface area contributed by atoms with Gasteiger partial charge in [0, 0.05) is 23.3 Å². The lowest BCUT2D eigenvalue weighted by molar-refractivity contribution is 0.492. The van der Waals surface area contributed by atoms with Crippen molar-refractivity contribution >= 4 is 10.0 Å². The minimum absolute atomic E-state index is 0.115. The second-order valence-electron chi connectivity index (χ2n) is 6.27. The molecule has 0 aliphatic heterocycles. The molecule has 0 spiro atoms. The van der Waals surface area contributed by atoms with E-state index >= 15 is 0 Å². The smallest absolute Gasteiger partial charge is 0.242 e. The summed E-state index contributed by atoms with van der Waals surface area (Å²) >= 11 is 0. The van der Waals surface area contributed by atoms with E-state index in [2.05, 4.69) is 19.8 Å². The van der Waals surface area contributed by atoms with Crippen LogP contribution >= 0.6 is 0 Å². The fraction of sp³-hybridized carbons (Fsp3) is 0.500. The fourth-order valence-electron chi connectivity index (χ4n) is 1.96. The van der Waals surface area contributed by atoms with Crippen molar-refractivity contribution in [3.05, 3.63) is 36.7 Å². The topological polar surface area (TPSA) is 89.8 Å². The summed E-state index contributed by atoms with van der Waals surface area (Å²) in [5.41, 5.74) is 0.734. The zero-order valence-electron chi connectivity index (χ0n) is 13.2. The number of pyridine rings is 1. The lowest BCUT2D eigenvalue weighted by atomic mass is 9.92. The van der Waals surface area contributed by atoms with Gasteiger partial charge in [0.2, 0.25) is 10.0 Å². The number of rotatable bonds is 5. The Morgan fingerprint density at radius 1 is 1.32 bits per heavy atom. The lowest BCUT2D eigenvalue weighted by Crippen LogP contribution is -2.35. The number of hydrogen-bond acceptors (Lipinski definition) is 5. The van der Waals surface area contributed by atoms with E-state index in [1.165, 1.54) is 12.5 Å². The molecule has 0 aliphatic rings. The van der Waals surface area contributed by atoms with Gasteiger partial charge in [-0.1, -0.05) is 20.8 Å². The molecule has 1 atom stereocenters. The van der Waals surface area contributed by atoms with Gasteiger partial charge in [0.15, 0.2) is 0 Å². The number of nitrogens with one attached hydrogen (secondary N) is 1. The lowest BCUT2D eigenvalue weighted by Gasteiger charge is -2.18. The summed E-state index contributed by atoms with van der Waals surface area (Å²) in [6, 6.07) is 3.02. The van der Waals surface area contributed by atoms with Gasteiger partial charge in [-0.3, -0.25) is 9.67 Å². The molecule has 0 radical (unpaired) electrons. The number of sulfonamides is 1. The molecule has 1 N–H and O–H groups in total. The van der Waals surface area contributed by atoms with E-state index in [9.17, 15) is 8.42 Å². The van der Waals surface area contributed by atoms with Crippen LogP contribution in [0.2, 0.25) is 0 Å². The van der Waals surface area contributed by atoms with Crippen molar-refractivity contribution in [2.24, 2.45) is 0 Å². The van der Waals surface area contributed by atoms with E-state index in [1.54, 1.807) is 30.1 Å². The zero-order chi connectivity index (χ0) is 16.4. The van der Waals surface area contributed by atoms with Crippen molar-refractivity contribution in [3.63, 3.8) is 0 Å². The van der Waals surface area contributed by atoms with Crippen LogP contribution in [0.25, 0.3) is 0 Å². The van der Waals surface area contributed by atoms with E-state index < -0.39 is 10.0 Å². The van der Waals surface area contributed by atoms with Gasteiger partial charge in [0.1, 0.15) is 17.6 Å². The fourth-order valence-corrected chi connectivity index (χ4v) is 3.14. The average Bonchev–Trinajstić information content (AvgIpc) is 2.90. The molecule has 2 aromatic rings. The molecule has 0 saturated heterocycles. The Hall–Kier alpha value is -1.80. The van der Waals surface area contributed by atoms with Crippen molar-refractivity contribution < 1.29 is 8.42 Å². The Labute approximate surface area is 130 Å². The minimum atomic E-state index is -3.60. The molecule has 22 heavy (non-hydrogen) atoms. The highest BCUT2D eigenvalue weighted by Gasteiger charge is 2.20. The summed E-state index contributed by atoms with van der Waals surface area (Å²) in [6.07, 6.45) is 4.35. The molecular weight excluding hydrogens is 302 g/mol. The number of nitrogens with zero attached hydrogens (tertiary/aromatic N) is 4. The van der Waals surface area contributed by atoms with E-state index in [4.69, 9.17) is 0 Å². The van der Waals surface area contributed by atoms with Crippen LogP contribution in [0, 0.1) is 0 Å². The van der Waals surface area contributed by atoms with Crippen LogP contribution in [-0.2, 0) is 22.0 Å². The molecule has 8 heteroatoms. The molecule has 7 nitrogen and oxygen atoms in total. The molecule has 2 aromatic heterocycles. The summed E-state index contributed by atoms with van der Waals surface area (Å²) < 4.78 is 28.9. The van der Waals surface area contributed by atoms with Gasteiger partial charge >= 0.3 is 0 Å². The first-order chi connectivity index (χ1) is 10.2. The second kappa shape index (κ2) is 6.13. The quantitative estimate of drug-likeness (QED) is 0.897. The SMILES string of the molecule is CC(Cn1cncn1)NS(=O)(=O)c1ccc(C(C)(C)C)nc1. The van der Waals surface area contributed by atoms with Crippen molar-refractivity contribution in [2.75, 3.05) is 0 Å². The normalized spacial score (nSPS) is 14.0. The molecule has 0 bridgehead atoms. The van der Waals surface area contributed by atoms with E-state index in [-0.39, 0.29) is 16.4 Å². The number of aromatic nitrogens is 4. The Kier molecular flexibility index (Phi) is 4.62. The zero-order valence-corrected chi connectivity index (χ0v) is 14.0. The van der Waals surface area contributed by atoms with Gasteiger partial charge in [-0.05, 0) is 19.1 Å². The van der Waals surface area contributed by atoms with Crippen molar-refractivity contribution in [3.8, 4) is 0 Å². The van der Waals surface area contributed by atoms with Gasteiger partial charge in [0.05, 0.1) is 6.54 Å². The highest BCUT2D eigenvalue weighted by Crippen LogP contribution is 2.20. The molecule has 120 valence electrons. The van der Waals surface area contributed by atoms with Crippen molar-refractivity contribution in [1.82, 2.24) is 24.5 Å². The van der Waals surface area contributed by atoms with Crippen molar-refractivity contribution in [2.45, 2.75) is 50.6 Å². The molecule has 0 amide bonds. The van der Waals surface area contributed by atoms with Crippen LogP contribution in [0.4, 0.5) is 0 Å². The van der Waals surface area contributed by atoms with E-state index in [0.29, 0.717) is 6.54 Å². The first-order valence-electron chi connectivity index (χ1n) is 7.00. The first kappa shape index (κ1) is 16.6. The van der Waals surface area contributed by atoms with Crippen LogP contribution in [0.15, 0.2) is 35.9 Å². The van der Waals surface area contributed by atoms with E-state index in [1.807, 2.05) is 20.8 Å². The molecular formula is C14H21N5O2S. The van der Waals surface area contributed by atoms with Gasteiger partial charge < -0.3 is 0 Å². The number of hydrogen-bond donors (Lipinski definition) is 1. The summed E-state index contributed by atoms with van der Waals surface area (Å²) in [6.45, 7) is 8.27. The monoisotopic (exact) mass is 323 g/mol.